The van der Waals surface area contributed by atoms with Crippen molar-refractivity contribution in [2.75, 3.05) is 22.7 Å². The minimum atomic E-state index is -3.84. The fourth-order valence-electron chi connectivity index (χ4n) is 3.67. The molecule has 2 aromatic rings. The molecular formula is C22H28N2O4S. The molecule has 0 aliphatic carbocycles. The number of nitrogens with zero attached hydrogens (tertiary/aromatic N) is 1. The summed E-state index contributed by atoms with van der Waals surface area (Å²) >= 11 is 0. The molecule has 156 valence electrons. The average molecular weight is 417 g/mol. The van der Waals surface area contributed by atoms with Crippen LogP contribution in [0, 0.1) is 5.92 Å². The number of aromatic carboxylic acids is 1. The molecule has 7 heteroatoms. The van der Waals surface area contributed by atoms with E-state index in [4.69, 9.17) is 0 Å². The molecule has 1 saturated heterocycles. The summed E-state index contributed by atoms with van der Waals surface area (Å²) in [7, 11) is -3.84. The monoisotopic (exact) mass is 416 g/mol. The van der Waals surface area contributed by atoms with E-state index < -0.39 is 16.0 Å². The van der Waals surface area contributed by atoms with E-state index in [9.17, 15) is 18.3 Å². The third-order valence-corrected chi connectivity index (χ3v) is 6.72. The van der Waals surface area contributed by atoms with E-state index in [2.05, 4.69) is 16.5 Å². The Kier molecular flexibility index (Phi) is 6.17. The highest BCUT2D eigenvalue weighted by Crippen LogP contribution is 2.32. The van der Waals surface area contributed by atoms with Crippen LogP contribution in [-0.4, -0.2) is 32.6 Å². The van der Waals surface area contributed by atoms with Crippen LogP contribution in [0.1, 0.15) is 55.5 Å². The third kappa shape index (κ3) is 4.90. The Balaban J connectivity index is 1.96. The SMILES string of the molecule is CC(C)c1ccc(S(=O)(=O)Nc2cc(C(=O)O)ccc2N2CCC[C@@H](C)C2)cc1. The van der Waals surface area contributed by atoms with Gasteiger partial charge in [0.2, 0.25) is 0 Å². The maximum Gasteiger partial charge on any atom is 0.335 e. The number of hydrogen-bond acceptors (Lipinski definition) is 4. The largest absolute Gasteiger partial charge is 0.478 e. The van der Waals surface area contributed by atoms with Crippen LogP contribution in [0.15, 0.2) is 47.4 Å². The highest BCUT2D eigenvalue weighted by Gasteiger charge is 2.23. The number of piperidine rings is 1. The van der Waals surface area contributed by atoms with E-state index in [-0.39, 0.29) is 10.5 Å². The average Bonchev–Trinajstić information content (AvgIpc) is 2.67. The maximum atomic E-state index is 13.0. The molecule has 0 amide bonds. The molecule has 1 fully saturated rings. The van der Waals surface area contributed by atoms with Gasteiger partial charge in [0.25, 0.3) is 10.0 Å². The van der Waals surface area contributed by atoms with Gasteiger partial charge in [0.15, 0.2) is 0 Å². The molecule has 0 spiro atoms. The summed E-state index contributed by atoms with van der Waals surface area (Å²) in [5, 5.41) is 9.36. The maximum absolute atomic E-state index is 13.0. The Bertz CT molecular complexity index is 984. The zero-order valence-corrected chi connectivity index (χ0v) is 17.9. The van der Waals surface area contributed by atoms with E-state index >= 15 is 0 Å². The van der Waals surface area contributed by atoms with Gasteiger partial charge < -0.3 is 10.0 Å². The first-order valence-electron chi connectivity index (χ1n) is 9.92. The predicted molar refractivity (Wildman–Crippen MR) is 115 cm³/mol. The fourth-order valence-corrected chi connectivity index (χ4v) is 4.74. The molecule has 0 saturated carbocycles. The number of carbonyl (C=O) groups is 1. The third-order valence-electron chi connectivity index (χ3n) is 5.34. The van der Waals surface area contributed by atoms with Crippen LogP contribution >= 0.6 is 0 Å². The van der Waals surface area contributed by atoms with E-state index in [0.717, 1.165) is 31.5 Å². The van der Waals surface area contributed by atoms with Gasteiger partial charge in [0.05, 0.1) is 21.8 Å². The number of rotatable bonds is 6. The molecule has 2 N–H and O–H groups in total. The second-order valence-electron chi connectivity index (χ2n) is 8.06. The van der Waals surface area contributed by atoms with Gasteiger partial charge in [0, 0.05) is 13.1 Å². The normalized spacial score (nSPS) is 17.4. The van der Waals surface area contributed by atoms with Crippen molar-refractivity contribution >= 4 is 27.4 Å². The van der Waals surface area contributed by atoms with Crippen LogP contribution in [0.25, 0.3) is 0 Å². The van der Waals surface area contributed by atoms with Crippen LogP contribution < -0.4 is 9.62 Å². The second kappa shape index (κ2) is 8.45. The Morgan fingerprint density at radius 1 is 1.17 bits per heavy atom. The van der Waals surface area contributed by atoms with Crippen molar-refractivity contribution in [3.05, 3.63) is 53.6 Å². The highest BCUT2D eigenvalue weighted by atomic mass is 32.2. The zero-order valence-electron chi connectivity index (χ0n) is 17.1. The molecule has 1 heterocycles. The summed E-state index contributed by atoms with van der Waals surface area (Å²) in [6.07, 6.45) is 2.15. The van der Waals surface area contributed by atoms with Crippen molar-refractivity contribution in [3.8, 4) is 0 Å². The molecule has 0 unspecified atom stereocenters. The zero-order chi connectivity index (χ0) is 21.2. The molecule has 1 atom stereocenters. The van der Waals surface area contributed by atoms with Crippen molar-refractivity contribution in [2.24, 2.45) is 5.92 Å². The number of carboxylic acid groups (broad SMARTS) is 1. The summed E-state index contributed by atoms with van der Waals surface area (Å²) < 4.78 is 28.6. The van der Waals surface area contributed by atoms with Gasteiger partial charge in [-0.1, -0.05) is 32.9 Å². The summed E-state index contributed by atoms with van der Waals surface area (Å²) in [5.74, 6) is -0.291. The highest BCUT2D eigenvalue weighted by molar-refractivity contribution is 7.92. The van der Waals surface area contributed by atoms with Gasteiger partial charge >= 0.3 is 5.97 Å². The molecule has 6 nitrogen and oxygen atoms in total. The van der Waals surface area contributed by atoms with Crippen molar-refractivity contribution in [2.45, 2.75) is 44.4 Å². The van der Waals surface area contributed by atoms with Crippen molar-refractivity contribution in [1.29, 1.82) is 0 Å². The van der Waals surface area contributed by atoms with Crippen molar-refractivity contribution in [3.63, 3.8) is 0 Å². The summed E-state index contributed by atoms with van der Waals surface area (Å²) in [6, 6.07) is 11.4. The smallest absolute Gasteiger partial charge is 0.335 e. The molecule has 2 aromatic carbocycles. The number of sulfonamides is 1. The van der Waals surface area contributed by atoms with Crippen LogP contribution in [0.5, 0.6) is 0 Å². The molecule has 1 aliphatic heterocycles. The van der Waals surface area contributed by atoms with Gasteiger partial charge in [0.1, 0.15) is 0 Å². The van der Waals surface area contributed by atoms with Gasteiger partial charge in [-0.15, -0.1) is 0 Å². The number of carboxylic acids is 1. The second-order valence-corrected chi connectivity index (χ2v) is 9.74. The van der Waals surface area contributed by atoms with Gasteiger partial charge in [-0.05, 0) is 60.6 Å². The minimum Gasteiger partial charge on any atom is -0.478 e. The van der Waals surface area contributed by atoms with Crippen molar-refractivity contribution < 1.29 is 18.3 Å². The van der Waals surface area contributed by atoms with Crippen LogP contribution in [-0.2, 0) is 10.0 Å². The van der Waals surface area contributed by atoms with Crippen LogP contribution in [0.3, 0.4) is 0 Å². The van der Waals surface area contributed by atoms with Crippen LogP contribution in [0.4, 0.5) is 11.4 Å². The standard InChI is InChI=1S/C22H28N2O4S/c1-15(2)17-6-9-19(10-7-17)29(27,28)23-20-13-18(22(25)26)8-11-21(20)24-12-4-5-16(3)14-24/h6-11,13,15-16,23H,4-5,12,14H2,1-3H3,(H,25,26)/t16-/m1/s1. The number of hydrogen-bond donors (Lipinski definition) is 2. The molecule has 0 bridgehead atoms. The Labute approximate surface area is 172 Å². The molecule has 3 rings (SSSR count). The topological polar surface area (TPSA) is 86.7 Å². The Hall–Kier alpha value is -2.54. The Morgan fingerprint density at radius 2 is 1.86 bits per heavy atom. The summed E-state index contributed by atoms with van der Waals surface area (Å²) in [5.41, 5.74) is 2.11. The fraction of sp³-hybridized carbons (Fsp3) is 0.409. The lowest BCUT2D eigenvalue weighted by atomic mass is 9.99. The van der Waals surface area contributed by atoms with E-state index in [1.54, 1.807) is 30.3 Å². The lowest BCUT2D eigenvalue weighted by molar-refractivity contribution is 0.0697. The Morgan fingerprint density at radius 3 is 2.45 bits per heavy atom. The predicted octanol–water partition coefficient (Wildman–Crippen LogP) is 4.55. The molecule has 29 heavy (non-hydrogen) atoms. The quantitative estimate of drug-likeness (QED) is 0.722. The molecule has 0 radical (unpaired) electrons. The molecule has 1 aliphatic rings. The number of benzene rings is 2. The summed E-state index contributed by atoms with van der Waals surface area (Å²) in [4.78, 5) is 13.7. The lowest BCUT2D eigenvalue weighted by Crippen LogP contribution is -2.35. The molecule has 0 aromatic heterocycles. The number of anilines is 2. The summed E-state index contributed by atoms with van der Waals surface area (Å²) in [6.45, 7) is 7.88. The van der Waals surface area contributed by atoms with Gasteiger partial charge in [-0.25, -0.2) is 13.2 Å². The van der Waals surface area contributed by atoms with E-state index in [0.29, 0.717) is 23.2 Å². The minimum absolute atomic E-state index is 0.0478. The van der Waals surface area contributed by atoms with Gasteiger partial charge in [-0.2, -0.15) is 0 Å². The molecular weight excluding hydrogens is 388 g/mol. The first-order valence-corrected chi connectivity index (χ1v) is 11.4. The first-order chi connectivity index (χ1) is 13.7. The van der Waals surface area contributed by atoms with Gasteiger partial charge in [-0.3, -0.25) is 4.72 Å². The van der Waals surface area contributed by atoms with Crippen molar-refractivity contribution in [1.82, 2.24) is 0 Å². The van der Waals surface area contributed by atoms with E-state index in [1.807, 2.05) is 13.8 Å². The van der Waals surface area contributed by atoms with Crippen LogP contribution in [0.2, 0.25) is 0 Å². The van der Waals surface area contributed by atoms with E-state index in [1.165, 1.54) is 12.1 Å². The number of nitrogens with one attached hydrogen (secondary N) is 1. The first kappa shape index (κ1) is 21.2. The lowest BCUT2D eigenvalue weighted by Gasteiger charge is -2.34.